The van der Waals surface area contributed by atoms with Gasteiger partial charge in [0.1, 0.15) is 5.76 Å². The molecule has 0 spiro atoms. The lowest BCUT2D eigenvalue weighted by molar-refractivity contribution is -0.131. The molecule has 0 saturated carbocycles. The minimum absolute atomic E-state index is 0.181. The monoisotopic (exact) mass is 481 g/mol. The molecule has 31 heavy (non-hydrogen) atoms. The van der Waals surface area contributed by atoms with Crippen LogP contribution in [0.1, 0.15) is 23.9 Å². The molecule has 1 aromatic heterocycles. The topological polar surface area (TPSA) is 65.8 Å². The summed E-state index contributed by atoms with van der Waals surface area (Å²) >= 11 is 3.42. The van der Waals surface area contributed by atoms with Gasteiger partial charge in [0.15, 0.2) is 5.76 Å². The average Bonchev–Trinajstić information content (AvgIpc) is 3.30. The molecule has 1 fully saturated rings. The van der Waals surface area contributed by atoms with Gasteiger partial charge in [-0.25, -0.2) is 0 Å². The fraction of sp³-hybridized carbons (Fsp3) is 0.250. The Bertz CT molecular complexity index is 1070. The van der Waals surface area contributed by atoms with E-state index in [0.717, 1.165) is 34.5 Å². The Balaban J connectivity index is 1.46. The van der Waals surface area contributed by atoms with Gasteiger partial charge in [0.2, 0.25) is 5.91 Å². The second kappa shape index (κ2) is 9.39. The average molecular weight is 482 g/mol. The van der Waals surface area contributed by atoms with Gasteiger partial charge in [-0.05, 0) is 36.4 Å². The number of hydrogen-bond donors (Lipinski definition) is 1. The number of furan rings is 1. The van der Waals surface area contributed by atoms with Crippen LogP contribution < -0.4 is 10.2 Å². The van der Waals surface area contributed by atoms with E-state index in [4.69, 9.17) is 4.42 Å². The van der Waals surface area contributed by atoms with E-state index in [0.29, 0.717) is 25.3 Å². The lowest BCUT2D eigenvalue weighted by Crippen LogP contribution is -2.48. The summed E-state index contributed by atoms with van der Waals surface area (Å²) in [5.74, 6) is 0.782. The third-order valence-corrected chi connectivity index (χ3v) is 5.91. The first-order chi connectivity index (χ1) is 15.0. The summed E-state index contributed by atoms with van der Waals surface area (Å²) in [6.07, 6.45) is 0.526. The van der Waals surface area contributed by atoms with Crippen LogP contribution in [0.5, 0.6) is 0 Å². The minimum Gasteiger partial charge on any atom is -0.451 e. The first kappa shape index (κ1) is 21.2. The molecule has 7 heteroatoms. The highest BCUT2D eigenvalue weighted by Gasteiger charge is 2.22. The van der Waals surface area contributed by atoms with Crippen LogP contribution in [-0.2, 0) is 4.79 Å². The second-order valence-electron chi connectivity index (χ2n) is 7.36. The third-order valence-electron chi connectivity index (χ3n) is 5.39. The normalized spacial score (nSPS) is 13.9. The summed E-state index contributed by atoms with van der Waals surface area (Å²) in [6, 6.07) is 18.9. The van der Waals surface area contributed by atoms with Gasteiger partial charge in [-0.1, -0.05) is 47.1 Å². The first-order valence-electron chi connectivity index (χ1n) is 10.3. The molecule has 0 atom stereocenters. The van der Waals surface area contributed by atoms with Crippen molar-refractivity contribution in [1.82, 2.24) is 4.90 Å². The van der Waals surface area contributed by atoms with Gasteiger partial charge in [-0.2, -0.15) is 0 Å². The molecule has 4 rings (SSSR count). The number of hydrogen-bond acceptors (Lipinski definition) is 4. The summed E-state index contributed by atoms with van der Waals surface area (Å²) in [4.78, 5) is 28.9. The molecule has 1 aliphatic heterocycles. The largest absolute Gasteiger partial charge is 0.451 e. The van der Waals surface area contributed by atoms with Crippen molar-refractivity contribution < 1.29 is 14.0 Å². The Morgan fingerprint density at radius 2 is 1.68 bits per heavy atom. The van der Waals surface area contributed by atoms with Crippen molar-refractivity contribution in [1.29, 1.82) is 0 Å². The quantitative estimate of drug-likeness (QED) is 0.555. The SMILES string of the molecule is CCC(=O)N1CCN(c2ccccc2NC(=O)c2ccc(-c3ccc(Br)cc3)o2)CC1. The van der Waals surface area contributed by atoms with Gasteiger partial charge in [0.25, 0.3) is 5.91 Å². The minimum atomic E-state index is -0.296. The van der Waals surface area contributed by atoms with Crippen LogP contribution in [0.2, 0.25) is 0 Å². The Morgan fingerprint density at radius 3 is 2.39 bits per heavy atom. The van der Waals surface area contributed by atoms with E-state index in [1.807, 2.05) is 60.4 Å². The number of halogens is 1. The Morgan fingerprint density at radius 1 is 0.968 bits per heavy atom. The molecule has 160 valence electrons. The molecular weight excluding hydrogens is 458 g/mol. The highest BCUT2D eigenvalue weighted by Crippen LogP contribution is 2.28. The smallest absolute Gasteiger partial charge is 0.291 e. The number of rotatable bonds is 5. The zero-order valence-electron chi connectivity index (χ0n) is 17.3. The molecule has 6 nitrogen and oxygen atoms in total. The zero-order valence-corrected chi connectivity index (χ0v) is 18.9. The molecule has 2 heterocycles. The molecule has 0 bridgehead atoms. The molecule has 1 saturated heterocycles. The maximum absolute atomic E-state index is 12.8. The first-order valence-corrected chi connectivity index (χ1v) is 11.1. The number of amides is 2. The van der Waals surface area contributed by atoms with Crippen LogP contribution >= 0.6 is 15.9 Å². The van der Waals surface area contributed by atoms with Crippen molar-refractivity contribution >= 4 is 39.1 Å². The fourth-order valence-electron chi connectivity index (χ4n) is 3.69. The van der Waals surface area contributed by atoms with Crippen LogP contribution in [0, 0.1) is 0 Å². The lowest BCUT2D eigenvalue weighted by Gasteiger charge is -2.36. The number of para-hydroxylation sites is 2. The van der Waals surface area contributed by atoms with E-state index in [1.54, 1.807) is 12.1 Å². The van der Waals surface area contributed by atoms with E-state index in [9.17, 15) is 9.59 Å². The molecule has 1 aliphatic rings. The molecule has 0 aliphatic carbocycles. The number of piperazine rings is 1. The summed E-state index contributed by atoms with van der Waals surface area (Å²) < 4.78 is 6.78. The van der Waals surface area contributed by atoms with Crippen LogP contribution in [0.3, 0.4) is 0 Å². The highest BCUT2D eigenvalue weighted by atomic mass is 79.9. The Kier molecular flexibility index (Phi) is 6.42. The molecule has 2 aromatic carbocycles. The summed E-state index contributed by atoms with van der Waals surface area (Å²) in [5, 5.41) is 2.98. The molecule has 1 N–H and O–H groups in total. The van der Waals surface area contributed by atoms with E-state index in [1.165, 1.54) is 0 Å². The summed E-state index contributed by atoms with van der Waals surface area (Å²) in [6.45, 7) is 4.71. The summed E-state index contributed by atoms with van der Waals surface area (Å²) in [7, 11) is 0. The number of carbonyl (C=O) groups excluding carboxylic acids is 2. The Labute approximate surface area is 190 Å². The van der Waals surface area contributed by atoms with Gasteiger partial charge in [0.05, 0.1) is 11.4 Å². The van der Waals surface area contributed by atoms with Crippen molar-refractivity contribution in [3.63, 3.8) is 0 Å². The van der Waals surface area contributed by atoms with Crippen molar-refractivity contribution in [2.24, 2.45) is 0 Å². The molecule has 2 amide bonds. The van der Waals surface area contributed by atoms with Crippen LogP contribution in [0.15, 0.2) is 69.6 Å². The van der Waals surface area contributed by atoms with Crippen LogP contribution in [0.4, 0.5) is 11.4 Å². The van der Waals surface area contributed by atoms with Gasteiger partial charge in [0, 0.05) is 42.6 Å². The van der Waals surface area contributed by atoms with Crippen LogP contribution in [0.25, 0.3) is 11.3 Å². The van der Waals surface area contributed by atoms with Crippen molar-refractivity contribution in [3.8, 4) is 11.3 Å². The molecular formula is C24H24BrN3O3. The number of nitrogens with zero attached hydrogens (tertiary/aromatic N) is 2. The predicted octanol–water partition coefficient (Wildman–Crippen LogP) is 5.02. The van der Waals surface area contributed by atoms with Gasteiger partial charge < -0.3 is 19.5 Å². The van der Waals surface area contributed by atoms with Crippen molar-refractivity contribution in [2.75, 3.05) is 36.4 Å². The highest BCUT2D eigenvalue weighted by molar-refractivity contribution is 9.10. The van der Waals surface area contributed by atoms with Crippen molar-refractivity contribution in [2.45, 2.75) is 13.3 Å². The standard InChI is InChI=1S/C24H24BrN3O3/c1-2-23(29)28-15-13-27(14-16-28)20-6-4-3-5-19(20)26-24(30)22-12-11-21(31-22)17-7-9-18(25)10-8-17/h3-12H,2,13-16H2,1H3,(H,26,30). The van der Waals surface area contributed by atoms with Gasteiger partial charge >= 0.3 is 0 Å². The second-order valence-corrected chi connectivity index (χ2v) is 8.28. The maximum Gasteiger partial charge on any atom is 0.291 e. The van der Waals surface area contributed by atoms with E-state index in [-0.39, 0.29) is 17.6 Å². The number of nitrogens with one attached hydrogen (secondary N) is 1. The maximum atomic E-state index is 12.8. The lowest BCUT2D eigenvalue weighted by atomic mass is 10.2. The van der Waals surface area contributed by atoms with Crippen LogP contribution in [-0.4, -0.2) is 42.9 Å². The van der Waals surface area contributed by atoms with E-state index in [2.05, 4.69) is 26.1 Å². The zero-order chi connectivity index (χ0) is 21.8. The number of benzene rings is 2. The third kappa shape index (κ3) is 4.82. The Hall–Kier alpha value is -3.06. The predicted molar refractivity (Wildman–Crippen MR) is 125 cm³/mol. The fourth-order valence-corrected chi connectivity index (χ4v) is 3.95. The van der Waals surface area contributed by atoms with Gasteiger partial charge in [-0.3, -0.25) is 9.59 Å². The number of carbonyl (C=O) groups is 2. The number of anilines is 2. The van der Waals surface area contributed by atoms with E-state index >= 15 is 0 Å². The van der Waals surface area contributed by atoms with Crippen molar-refractivity contribution in [3.05, 3.63) is 70.9 Å². The molecule has 0 radical (unpaired) electrons. The molecule has 3 aromatic rings. The van der Waals surface area contributed by atoms with Gasteiger partial charge in [-0.15, -0.1) is 0 Å². The summed E-state index contributed by atoms with van der Waals surface area (Å²) in [5.41, 5.74) is 2.57. The molecule has 0 unspecified atom stereocenters. The van der Waals surface area contributed by atoms with E-state index < -0.39 is 0 Å².